The topological polar surface area (TPSA) is 0 Å². The molecule has 10 heavy (non-hydrogen) atoms. The van der Waals surface area contributed by atoms with Crippen LogP contribution in [0.2, 0.25) is 0 Å². The summed E-state index contributed by atoms with van der Waals surface area (Å²) in [6.45, 7) is 0. The van der Waals surface area contributed by atoms with Gasteiger partial charge in [0.25, 0.3) is 0 Å². The predicted molar refractivity (Wildman–Crippen MR) is 63.7 cm³/mol. The molecule has 0 bridgehead atoms. The van der Waals surface area contributed by atoms with Gasteiger partial charge in [-0.05, 0) is 69.6 Å². The van der Waals surface area contributed by atoms with Crippen LogP contribution in [0.1, 0.15) is 0 Å². The Kier molecular flexibility index (Phi) is 3.79. The normalized spacial score (nSPS) is 9.90. The fourth-order valence-electron chi connectivity index (χ4n) is 0.646. The molecule has 3 heteroatoms. The molecule has 0 saturated carbocycles. The Morgan fingerprint density at radius 2 is 1.60 bits per heavy atom. The molecule has 0 unspecified atom stereocenters. The van der Waals surface area contributed by atoms with Crippen molar-refractivity contribution in [2.75, 3.05) is 6.26 Å². The highest BCUT2D eigenvalue weighted by atomic mass is 127. The van der Waals surface area contributed by atoms with Crippen LogP contribution >= 0.6 is 56.9 Å². The van der Waals surface area contributed by atoms with Crippen molar-refractivity contribution in [2.45, 2.75) is 4.90 Å². The van der Waals surface area contributed by atoms with E-state index in [0.717, 1.165) is 0 Å². The van der Waals surface area contributed by atoms with Gasteiger partial charge in [0.2, 0.25) is 0 Å². The molecule has 0 spiro atoms. The number of halogens is 2. The SMILES string of the molecule is CSc1cc(I)cc(I)c1. The van der Waals surface area contributed by atoms with E-state index >= 15 is 0 Å². The lowest BCUT2D eigenvalue weighted by Crippen LogP contribution is -1.76. The maximum atomic E-state index is 2.34. The van der Waals surface area contributed by atoms with E-state index in [1.54, 1.807) is 11.8 Å². The lowest BCUT2D eigenvalue weighted by Gasteiger charge is -1.97. The maximum Gasteiger partial charge on any atom is 0.0151 e. The number of thioether (sulfide) groups is 1. The second-order valence-corrected chi connectivity index (χ2v) is 5.18. The van der Waals surface area contributed by atoms with Gasteiger partial charge in [0.1, 0.15) is 0 Å². The fourth-order valence-corrected chi connectivity index (χ4v) is 3.50. The Morgan fingerprint density at radius 3 is 2.00 bits per heavy atom. The second kappa shape index (κ2) is 4.15. The summed E-state index contributed by atoms with van der Waals surface area (Å²) in [7, 11) is 0. The van der Waals surface area contributed by atoms with E-state index < -0.39 is 0 Å². The minimum atomic E-state index is 1.31. The molecule has 0 aliphatic rings. The molecule has 1 aromatic carbocycles. The predicted octanol–water partition coefficient (Wildman–Crippen LogP) is 3.62. The first-order valence-corrected chi connectivity index (χ1v) is 6.10. The molecule has 54 valence electrons. The average Bonchev–Trinajstić information content (AvgIpc) is 1.85. The Morgan fingerprint density at radius 1 is 1.10 bits per heavy atom. The van der Waals surface area contributed by atoms with Crippen molar-refractivity contribution in [3.63, 3.8) is 0 Å². The summed E-state index contributed by atoms with van der Waals surface area (Å²) in [5.41, 5.74) is 0. The Hall–Kier alpha value is 1.03. The van der Waals surface area contributed by atoms with E-state index in [-0.39, 0.29) is 0 Å². The molecule has 0 fully saturated rings. The number of benzene rings is 1. The van der Waals surface area contributed by atoms with Gasteiger partial charge >= 0.3 is 0 Å². The zero-order chi connectivity index (χ0) is 7.56. The van der Waals surface area contributed by atoms with Crippen molar-refractivity contribution in [1.29, 1.82) is 0 Å². The second-order valence-electron chi connectivity index (χ2n) is 1.81. The summed E-state index contributed by atoms with van der Waals surface area (Å²) in [5.74, 6) is 0. The van der Waals surface area contributed by atoms with Crippen LogP contribution < -0.4 is 0 Å². The third-order valence-electron chi connectivity index (χ3n) is 1.07. The molecule has 0 aliphatic heterocycles. The summed E-state index contributed by atoms with van der Waals surface area (Å²) in [6.07, 6.45) is 2.10. The molecule has 0 atom stereocenters. The lowest BCUT2D eigenvalue weighted by molar-refractivity contribution is 1.41. The highest BCUT2D eigenvalue weighted by molar-refractivity contribution is 14.1. The lowest BCUT2D eigenvalue weighted by atomic mass is 10.4. The van der Waals surface area contributed by atoms with Gasteiger partial charge in [-0.3, -0.25) is 0 Å². The Labute approximate surface area is 92.4 Å². The van der Waals surface area contributed by atoms with Gasteiger partial charge in [0.05, 0.1) is 0 Å². The van der Waals surface area contributed by atoms with Crippen molar-refractivity contribution < 1.29 is 0 Å². The number of hydrogen-bond acceptors (Lipinski definition) is 1. The average molecular weight is 376 g/mol. The zero-order valence-electron chi connectivity index (χ0n) is 5.40. The molecule has 1 rings (SSSR count). The maximum absolute atomic E-state index is 2.34. The molecule has 0 aromatic heterocycles. The highest BCUT2D eigenvalue weighted by Gasteiger charge is 1.93. The molecule has 0 saturated heterocycles. The fraction of sp³-hybridized carbons (Fsp3) is 0.143. The molecule has 0 aliphatic carbocycles. The van der Waals surface area contributed by atoms with Crippen LogP contribution in [0.15, 0.2) is 23.1 Å². The van der Waals surface area contributed by atoms with E-state index in [0.29, 0.717) is 0 Å². The monoisotopic (exact) mass is 376 g/mol. The molecule has 0 N–H and O–H groups in total. The summed E-state index contributed by atoms with van der Waals surface area (Å²) >= 11 is 6.46. The largest absolute Gasteiger partial charge is 0.130 e. The van der Waals surface area contributed by atoms with Gasteiger partial charge in [0, 0.05) is 12.0 Å². The molecule has 1 aromatic rings. The van der Waals surface area contributed by atoms with E-state index in [2.05, 4.69) is 69.6 Å². The van der Waals surface area contributed by atoms with E-state index in [1.165, 1.54) is 12.0 Å². The van der Waals surface area contributed by atoms with Gasteiger partial charge in [-0.2, -0.15) is 0 Å². The highest BCUT2D eigenvalue weighted by Crippen LogP contribution is 2.20. The third kappa shape index (κ3) is 2.58. The molecule has 0 amide bonds. The van der Waals surface area contributed by atoms with Gasteiger partial charge in [-0.15, -0.1) is 11.8 Å². The van der Waals surface area contributed by atoms with E-state index in [4.69, 9.17) is 0 Å². The molecule has 0 nitrogen and oxygen atoms in total. The number of hydrogen-bond donors (Lipinski definition) is 0. The van der Waals surface area contributed by atoms with Gasteiger partial charge in [-0.1, -0.05) is 0 Å². The van der Waals surface area contributed by atoms with Gasteiger partial charge in [0.15, 0.2) is 0 Å². The van der Waals surface area contributed by atoms with Gasteiger partial charge in [-0.25, -0.2) is 0 Å². The minimum absolute atomic E-state index is 1.31. The van der Waals surface area contributed by atoms with Crippen molar-refractivity contribution in [1.82, 2.24) is 0 Å². The van der Waals surface area contributed by atoms with Crippen LogP contribution in [0, 0.1) is 7.14 Å². The summed E-state index contributed by atoms with van der Waals surface area (Å²) in [4.78, 5) is 1.34. The Balaban J connectivity index is 3.06. The van der Waals surface area contributed by atoms with Crippen molar-refractivity contribution >= 4 is 56.9 Å². The standard InChI is InChI=1S/C7H6I2S/c1-10-7-3-5(8)2-6(9)4-7/h2-4H,1H3. The van der Waals surface area contributed by atoms with Crippen molar-refractivity contribution in [3.8, 4) is 0 Å². The van der Waals surface area contributed by atoms with Crippen molar-refractivity contribution in [2.24, 2.45) is 0 Å². The van der Waals surface area contributed by atoms with Crippen molar-refractivity contribution in [3.05, 3.63) is 25.3 Å². The quantitative estimate of drug-likeness (QED) is 0.533. The van der Waals surface area contributed by atoms with Crippen LogP contribution in [0.3, 0.4) is 0 Å². The van der Waals surface area contributed by atoms with Gasteiger partial charge < -0.3 is 0 Å². The summed E-state index contributed by atoms with van der Waals surface area (Å²) < 4.78 is 2.63. The van der Waals surface area contributed by atoms with Crippen LogP contribution in [0.4, 0.5) is 0 Å². The molecular weight excluding hydrogens is 370 g/mol. The van der Waals surface area contributed by atoms with E-state index in [9.17, 15) is 0 Å². The first-order valence-electron chi connectivity index (χ1n) is 2.72. The minimum Gasteiger partial charge on any atom is -0.130 e. The smallest absolute Gasteiger partial charge is 0.0151 e. The van der Waals surface area contributed by atoms with Crippen LogP contribution in [0.25, 0.3) is 0 Å². The van der Waals surface area contributed by atoms with Crippen LogP contribution in [-0.2, 0) is 0 Å². The number of rotatable bonds is 1. The summed E-state index contributed by atoms with van der Waals surface area (Å²) in [6, 6.07) is 6.54. The van der Waals surface area contributed by atoms with Crippen LogP contribution in [-0.4, -0.2) is 6.26 Å². The zero-order valence-corrected chi connectivity index (χ0v) is 10.5. The first kappa shape index (κ1) is 9.12. The van der Waals surface area contributed by atoms with E-state index in [1.807, 2.05) is 0 Å². The molecular formula is C7H6I2S. The molecule has 0 radical (unpaired) electrons. The first-order chi connectivity index (χ1) is 4.72. The summed E-state index contributed by atoms with van der Waals surface area (Å²) in [5, 5.41) is 0. The Bertz CT molecular complexity index is 215. The van der Waals surface area contributed by atoms with Crippen LogP contribution in [0.5, 0.6) is 0 Å². The third-order valence-corrected chi connectivity index (χ3v) is 3.02. The molecule has 0 heterocycles.